The van der Waals surface area contributed by atoms with Gasteiger partial charge in [-0.1, -0.05) is 24.4 Å². The van der Waals surface area contributed by atoms with Crippen LogP contribution >= 0.6 is 24.4 Å². The molecule has 0 radical (unpaired) electrons. The van der Waals surface area contributed by atoms with Crippen LogP contribution in [0.5, 0.6) is 0 Å². The van der Waals surface area contributed by atoms with Gasteiger partial charge >= 0.3 is 0 Å². The largest absolute Gasteiger partial charge is 0.396 e. The van der Waals surface area contributed by atoms with Gasteiger partial charge in [-0.25, -0.2) is 0 Å². The Kier molecular flexibility index (Phi) is 2.22. The molecule has 0 saturated carbocycles. The van der Waals surface area contributed by atoms with Crippen molar-refractivity contribution in [3.63, 3.8) is 0 Å². The van der Waals surface area contributed by atoms with Crippen LogP contribution in [0, 0.1) is 9.02 Å². The van der Waals surface area contributed by atoms with Gasteiger partial charge in [0.1, 0.15) is 5.69 Å². The molecule has 0 bridgehead atoms. The molecular weight excluding hydrogens is 180 g/mol. The molecule has 1 rings (SSSR count). The van der Waals surface area contributed by atoms with E-state index in [0.717, 1.165) is 5.06 Å². The molecule has 1 aromatic rings. The van der Waals surface area contributed by atoms with Gasteiger partial charge in [0.05, 0.1) is 14.7 Å². The fourth-order valence-corrected chi connectivity index (χ4v) is 1.33. The highest BCUT2D eigenvalue weighted by Gasteiger charge is 2.15. The number of hydrogen-bond donors (Lipinski definition) is 2. The summed E-state index contributed by atoms with van der Waals surface area (Å²) in [7, 11) is 0. The summed E-state index contributed by atoms with van der Waals surface area (Å²) in [6.45, 7) is 2.25. The lowest BCUT2D eigenvalue weighted by molar-refractivity contribution is 0.259. The van der Waals surface area contributed by atoms with Gasteiger partial charge in [0.2, 0.25) is 0 Å². The Bertz CT molecular complexity index is 340. The zero-order valence-electron chi connectivity index (χ0n) is 6.00. The summed E-state index contributed by atoms with van der Waals surface area (Å²) in [5.74, 6) is 0. The molecule has 0 heterocycles. The van der Waals surface area contributed by atoms with Crippen LogP contribution in [0.2, 0.25) is 0 Å². The Hall–Kier alpha value is -0.520. The van der Waals surface area contributed by atoms with Gasteiger partial charge < -0.3 is 5.73 Å². The summed E-state index contributed by atoms with van der Waals surface area (Å²) in [5.41, 5.74) is 6.40. The standard InChI is InChI=1S/C6H8N2OS2/c1-2-8(9)4-3(7)5(10)6(4)11/h9H,2,7H2,1H3. The Balaban J connectivity index is 3.09. The van der Waals surface area contributed by atoms with E-state index in [4.69, 9.17) is 30.2 Å². The van der Waals surface area contributed by atoms with Crippen LogP contribution in [0.25, 0.3) is 0 Å². The fourth-order valence-electron chi connectivity index (χ4n) is 0.812. The third-order valence-electron chi connectivity index (χ3n) is 1.48. The maximum Gasteiger partial charge on any atom is 0.107 e. The van der Waals surface area contributed by atoms with Gasteiger partial charge in [0, 0.05) is 6.54 Å². The zero-order chi connectivity index (χ0) is 8.59. The van der Waals surface area contributed by atoms with Crippen molar-refractivity contribution in [2.75, 3.05) is 17.3 Å². The topological polar surface area (TPSA) is 49.5 Å². The van der Waals surface area contributed by atoms with E-state index in [2.05, 4.69) is 0 Å². The summed E-state index contributed by atoms with van der Waals surface area (Å²) < 4.78 is 0.976. The van der Waals surface area contributed by atoms with Crippen molar-refractivity contribution in [1.29, 1.82) is 0 Å². The first kappa shape index (κ1) is 8.58. The molecule has 0 saturated heterocycles. The van der Waals surface area contributed by atoms with E-state index in [0.29, 0.717) is 26.9 Å². The van der Waals surface area contributed by atoms with E-state index in [1.807, 2.05) is 0 Å². The van der Waals surface area contributed by atoms with E-state index < -0.39 is 0 Å². The Labute approximate surface area is 74.7 Å². The summed E-state index contributed by atoms with van der Waals surface area (Å²) in [6.07, 6.45) is 0. The minimum absolute atomic E-state index is 0.425. The predicted molar refractivity (Wildman–Crippen MR) is 49.7 cm³/mol. The van der Waals surface area contributed by atoms with Gasteiger partial charge in [0.15, 0.2) is 0 Å². The highest BCUT2D eigenvalue weighted by molar-refractivity contribution is 7.74. The van der Waals surface area contributed by atoms with Gasteiger partial charge in [-0.05, 0) is 6.92 Å². The molecule has 0 aliphatic heterocycles. The fraction of sp³-hybridized carbons (Fsp3) is 0.333. The second kappa shape index (κ2) is 2.84. The second-order valence-electron chi connectivity index (χ2n) is 2.14. The monoisotopic (exact) mass is 188 g/mol. The summed E-state index contributed by atoms with van der Waals surface area (Å²) in [5, 5.41) is 10.2. The first-order valence-corrected chi connectivity index (χ1v) is 3.96. The third kappa shape index (κ3) is 1.15. The average molecular weight is 188 g/mol. The smallest absolute Gasteiger partial charge is 0.107 e. The molecule has 60 valence electrons. The van der Waals surface area contributed by atoms with Crippen LogP contribution in [0.15, 0.2) is 0 Å². The molecule has 1 aromatic carbocycles. The van der Waals surface area contributed by atoms with E-state index in [-0.39, 0.29) is 0 Å². The number of nitrogens with two attached hydrogens (primary N) is 1. The van der Waals surface area contributed by atoms with Crippen LogP contribution in [0.3, 0.4) is 0 Å². The van der Waals surface area contributed by atoms with Crippen molar-refractivity contribution < 1.29 is 5.21 Å². The Morgan fingerprint density at radius 3 is 2.36 bits per heavy atom. The highest BCUT2D eigenvalue weighted by atomic mass is 32.1. The van der Waals surface area contributed by atoms with Crippen LogP contribution in [0.4, 0.5) is 11.4 Å². The highest BCUT2D eigenvalue weighted by Crippen LogP contribution is 2.31. The summed E-state index contributed by atoms with van der Waals surface area (Å²) in [6, 6.07) is 0. The first-order valence-electron chi connectivity index (χ1n) is 3.14. The third-order valence-corrected chi connectivity index (χ3v) is 2.43. The quantitative estimate of drug-likeness (QED) is 0.547. The van der Waals surface area contributed by atoms with Gasteiger partial charge in [-0.15, -0.1) is 0 Å². The van der Waals surface area contributed by atoms with Crippen molar-refractivity contribution in [3.05, 3.63) is 9.02 Å². The molecule has 3 nitrogen and oxygen atoms in total. The lowest BCUT2D eigenvalue weighted by Crippen LogP contribution is -2.20. The van der Waals surface area contributed by atoms with E-state index >= 15 is 0 Å². The molecule has 0 aromatic heterocycles. The SMILES string of the molecule is CCN(O)c1c(N)c(=S)c1=S. The molecule has 0 spiro atoms. The Morgan fingerprint density at radius 2 is 2.00 bits per heavy atom. The Morgan fingerprint density at radius 1 is 1.45 bits per heavy atom. The molecule has 0 fully saturated rings. The number of hydrogen-bond acceptors (Lipinski definition) is 5. The maximum absolute atomic E-state index is 9.18. The summed E-state index contributed by atoms with van der Waals surface area (Å²) >= 11 is 9.68. The minimum atomic E-state index is 0.425. The van der Waals surface area contributed by atoms with E-state index in [1.54, 1.807) is 6.92 Å². The molecule has 0 unspecified atom stereocenters. The van der Waals surface area contributed by atoms with Crippen molar-refractivity contribution in [2.24, 2.45) is 0 Å². The predicted octanol–water partition coefficient (Wildman–Crippen LogP) is 1.82. The van der Waals surface area contributed by atoms with Gasteiger partial charge in [-0.3, -0.25) is 10.3 Å². The number of rotatable bonds is 2. The zero-order valence-corrected chi connectivity index (χ0v) is 7.63. The number of hydroxylamine groups is 1. The van der Waals surface area contributed by atoms with Gasteiger partial charge in [-0.2, -0.15) is 0 Å². The van der Waals surface area contributed by atoms with Crippen molar-refractivity contribution in [1.82, 2.24) is 0 Å². The van der Waals surface area contributed by atoms with Crippen LogP contribution < -0.4 is 10.8 Å². The maximum atomic E-state index is 9.18. The lowest BCUT2D eigenvalue weighted by atomic mass is 10.2. The number of anilines is 2. The van der Waals surface area contributed by atoms with Crippen molar-refractivity contribution in [2.45, 2.75) is 6.92 Å². The summed E-state index contributed by atoms with van der Waals surface area (Å²) in [4.78, 5) is 0. The number of nitrogens with zero attached hydrogens (tertiary/aromatic N) is 1. The second-order valence-corrected chi connectivity index (χ2v) is 2.95. The molecule has 11 heavy (non-hydrogen) atoms. The van der Waals surface area contributed by atoms with Crippen LogP contribution in [-0.2, 0) is 0 Å². The minimum Gasteiger partial charge on any atom is -0.396 e. The van der Waals surface area contributed by atoms with E-state index in [1.165, 1.54) is 0 Å². The first-order chi connectivity index (χ1) is 5.09. The van der Waals surface area contributed by atoms with Gasteiger partial charge in [0.25, 0.3) is 0 Å². The lowest BCUT2D eigenvalue weighted by Gasteiger charge is -2.19. The molecular formula is C6H8N2OS2. The van der Waals surface area contributed by atoms with Crippen LogP contribution in [-0.4, -0.2) is 11.8 Å². The van der Waals surface area contributed by atoms with Crippen molar-refractivity contribution >= 4 is 35.8 Å². The average Bonchev–Trinajstić information content (AvgIpc) is 2.04. The van der Waals surface area contributed by atoms with E-state index in [9.17, 15) is 5.21 Å². The normalized spacial score (nSPS) is 10.4. The molecule has 0 atom stereocenters. The molecule has 0 aliphatic rings. The van der Waals surface area contributed by atoms with Crippen LogP contribution in [0.1, 0.15) is 6.92 Å². The molecule has 0 amide bonds. The molecule has 0 aliphatic carbocycles. The van der Waals surface area contributed by atoms with Crippen molar-refractivity contribution in [3.8, 4) is 0 Å². The molecule has 5 heteroatoms. The number of nitrogen functional groups attached to an aromatic ring is 1. The molecule has 3 N–H and O–H groups in total.